The molecule has 0 spiro atoms. The molecule has 1 amide bonds. The molecule has 2 aromatic heterocycles. The number of aryl methyl sites for hydroxylation is 1. The van der Waals surface area contributed by atoms with E-state index in [0.717, 1.165) is 22.9 Å². The van der Waals surface area contributed by atoms with Gasteiger partial charge in [-0.1, -0.05) is 16.6 Å². The van der Waals surface area contributed by atoms with E-state index in [-0.39, 0.29) is 38.6 Å². The molecule has 2 heterocycles. The van der Waals surface area contributed by atoms with E-state index in [1.807, 2.05) is 0 Å². The topological polar surface area (TPSA) is 112 Å². The number of hydrogen-bond acceptors (Lipinski definition) is 7. The normalized spacial score (nSPS) is 11.0. The van der Waals surface area contributed by atoms with Gasteiger partial charge in [0.2, 0.25) is 0 Å². The van der Waals surface area contributed by atoms with Crippen LogP contribution in [-0.2, 0) is 0 Å². The fourth-order valence-electron chi connectivity index (χ4n) is 2.87. The Bertz CT molecular complexity index is 1330. The van der Waals surface area contributed by atoms with E-state index >= 15 is 0 Å². The zero-order chi connectivity index (χ0) is 21.6. The van der Waals surface area contributed by atoms with Crippen molar-refractivity contribution in [2.24, 2.45) is 0 Å². The minimum atomic E-state index is -1.43. The monoisotopic (exact) mass is 447 g/mol. The number of amides is 1. The summed E-state index contributed by atoms with van der Waals surface area (Å²) in [6.45, 7) is 1.39. The maximum absolute atomic E-state index is 14.4. The van der Waals surface area contributed by atoms with E-state index in [1.165, 1.54) is 36.6 Å². The molecule has 7 nitrogen and oxygen atoms in total. The first-order chi connectivity index (χ1) is 14.3. The number of phenolic OH excluding ortho intramolecular Hbond substituents is 1. The Morgan fingerprint density at radius 1 is 1.17 bits per heavy atom. The van der Waals surface area contributed by atoms with E-state index in [9.17, 15) is 28.6 Å². The molecule has 0 saturated heterocycles. The SMILES string of the molecule is Cc1ccc(-c2scc(NC(=O)c3cc4nnsc4cc3O)c2C(=O)O)c(F)c1F. The van der Waals surface area contributed by atoms with Gasteiger partial charge in [0.15, 0.2) is 11.6 Å². The van der Waals surface area contributed by atoms with E-state index in [1.54, 1.807) is 0 Å². The molecule has 0 aliphatic heterocycles. The quantitative estimate of drug-likeness (QED) is 0.419. The predicted octanol–water partition coefficient (Wildman–Crippen LogP) is 4.66. The molecule has 0 saturated carbocycles. The Balaban J connectivity index is 1.75. The number of halogens is 2. The van der Waals surface area contributed by atoms with Gasteiger partial charge >= 0.3 is 5.97 Å². The summed E-state index contributed by atoms with van der Waals surface area (Å²) in [5.41, 5.74) is -0.369. The average molecular weight is 447 g/mol. The Morgan fingerprint density at radius 3 is 2.67 bits per heavy atom. The lowest BCUT2D eigenvalue weighted by Gasteiger charge is -2.09. The van der Waals surface area contributed by atoms with Gasteiger partial charge in [0, 0.05) is 17.0 Å². The van der Waals surface area contributed by atoms with Crippen LogP contribution in [0.25, 0.3) is 20.7 Å². The number of aromatic hydroxyl groups is 1. The minimum Gasteiger partial charge on any atom is -0.507 e. The summed E-state index contributed by atoms with van der Waals surface area (Å²) in [7, 11) is 0. The molecular formula is C19H11F2N3O4S2. The maximum atomic E-state index is 14.4. The number of thiophene rings is 1. The fraction of sp³-hybridized carbons (Fsp3) is 0.0526. The summed E-state index contributed by atoms with van der Waals surface area (Å²) in [5.74, 6) is -4.78. The largest absolute Gasteiger partial charge is 0.507 e. The van der Waals surface area contributed by atoms with Gasteiger partial charge in [-0.2, -0.15) is 0 Å². The summed E-state index contributed by atoms with van der Waals surface area (Å²) in [4.78, 5) is 24.4. The van der Waals surface area contributed by atoms with Crippen LogP contribution in [0.4, 0.5) is 14.5 Å². The minimum absolute atomic E-state index is 0.0439. The first kappa shape index (κ1) is 19.9. The highest BCUT2D eigenvalue weighted by Gasteiger charge is 2.25. The first-order valence-electron chi connectivity index (χ1n) is 8.34. The van der Waals surface area contributed by atoms with Crippen molar-refractivity contribution < 1.29 is 28.6 Å². The molecule has 4 rings (SSSR count). The highest BCUT2D eigenvalue weighted by molar-refractivity contribution is 7.14. The van der Waals surface area contributed by atoms with Crippen molar-refractivity contribution in [3.8, 4) is 16.2 Å². The second-order valence-electron chi connectivity index (χ2n) is 6.28. The molecular weight excluding hydrogens is 436 g/mol. The highest BCUT2D eigenvalue weighted by Crippen LogP contribution is 2.39. The number of benzene rings is 2. The van der Waals surface area contributed by atoms with Crippen molar-refractivity contribution in [1.29, 1.82) is 0 Å². The van der Waals surface area contributed by atoms with E-state index in [0.29, 0.717) is 10.2 Å². The fourth-order valence-corrected chi connectivity index (χ4v) is 4.46. The number of carbonyl (C=O) groups is 2. The van der Waals surface area contributed by atoms with Gasteiger partial charge in [-0.3, -0.25) is 4.79 Å². The summed E-state index contributed by atoms with van der Waals surface area (Å²) < 4.78 is 32.7. The molecule has 0 bridgehead atoms. The summed E-state index contributed by atoms with van der Waals surface area (Å²) in [6, 6.07) is 5.28. The number of carboxylic acids is 1. The van der Waals surface area contributed by atoms with Gasteiger partial charge in [-0.05, 0) is 30.1 Å². The van der Waals surface area contributed by atoms with Gasteiger partial charge in [-0.25, -0.2) is 13.6 Å². The van der Waals surface area contributed by atoms with Crippen LogP contribution in [0.2, 0.25) is 0 Å². The van der Waals surface area contributed by atoms with Gasteiger partial charge in [-0.15, -0.1) is 16.4 Å². The van der Waals surface area contributed by atoms with Crippen LogP contribution in [0.15, 0.2) is 29.6 Å². The van der Waals surface area contributed by atoms with Gasteiger partial charge in [0.1, 0.15) is 16.8 Å². The average Bonchev–Trinajstić information content (AvgIpc) is 3.32. The summed E-state index contributed by atoms with van der Waals surface area (Å²) >= 11 is 1.89. The van der Waals surface area contributed by atoms with Crippen LogP contribution in [0.3, 0.4) is 0 Å². The first-order valence-corrected chi connectivity index (χ1v) is 9.99. The zero-order valence-corrected chi connectivity index (χ0v) is 16.7. The Kier molecular flexibility index (Phi) is 4.92. The Labute approximate surface area is 175 Å². The summed E-state index contributed by atoms with van der Waals surface area (Å²) in [5, 5.41) is 27.3. The van der Waals surface area contributed by atoms with Crippen LogP contribution in [0.1, 0.15) is 26.3 Å². The molecule has 11 heteroatoms. The lowest BCUT2D eigenvalue weighted by molar-refractivity contribution is 0.0699. The van der Waals surface area contributed by atoms with Crippen molar-refractivity contribution in [2.75, 3.05) is 5.32 Å². The van der Waals surface area contributed by atoms with Crippen LogP contribution in [0, 0.1) is 18.6 Å². The van der Waals surface area contributed by atoms with Crippen molar-refractivity contribution in [2.45, 2.75) is 6.92 Å². The van der Waals surface area contributed by atoms with Crippen LogP contribution >= 0.6 is 22.9 Å². The number of hydrogen-bond donors (Lipinski definition) is 3. The van der Waals surface area contributed by atoms with Gasteiger partial charge < -0.3 is 15.5 Å². The molecule has 0 radical (unpaired) electrons. The smallest absolute Gasteiger partial charge is 0.339 e. The number of anilines is 1. The Hall–Kier alpha value is -3.44. The molecule has 0 aliphatic rings. The van der Waals surface area contributed by atoms with Gasteiger partial charge in [0.25, 0.3) is 5.91 Å². The third-order valence-corrected chi connectivity index (χ3v) is 6.08. The molecule has 3 N–H and O–H groups in total. The van der Waals surface area contributed by atoms with Crippen molar-refractivity contribution in [1.82, 2.24) is 9.59 Å². The lowest BCUT2D eigenvalue weighted by Crippen LogP contribution is -2.14. The molecule has 4 aromatic rings. The van der Waals surface area contributed by atoms with E-state index in [2.05, 4.69) is 14.9 Å². The third-order valence-electron chi connectivity index (χ3n) is 4.38. The number of rotatable bonds is 4. The number of aromatic carboxylic acids is 1. The Morgan fingerprint density at radius 2 is 1.93 bits per heavy atom. The third kappa shape index (κ3) is 3.27. The second-order valence-corrected chi connectivity index (χ2v) is 7.95. The van der Waals surface area contributed by atoms with E-state index in [4.69, 9.17) is 0 Å². The molecule has 0 aliphatic carbocycles. The highest BCUT2D eigenvalue weighted by atomic mass is 32.1. The molecule has 0 atom stereocenters. The number of aromatic nitrogens is 2. The van der Waals surface area contributed by atoms with Crippen LogP contribution in [0.5, 0.6) is 5.75 Å². The van der Waals surface area contributed by atoms with Crippen LogP contribution in [-0.4, -0.2) is 31.7 Å². The maximum Gasteiger partial charge on any atom is 0.339 e. The number of carboxylic acid groups (broad SMARTS) is 1. The molecule has 2 aromatic carbocycles. The number of carbonyl (C=O) groups excluding carboxylic acids is 1. The van der Waals surface area contributed by atoms with Crippen molar-refractivity contribution in [3.63, 3.8) is 0 Å². The number of phenols is 1. The summed E-state index contributed by atoms with van der Waals surface area (Å²) in [6.07, 6.45) is 0. The lowest BCUT2D eigenvalue weighted by atomic mass is 10.1. The van der Waals surface area contributed by atoms with Crippen molar-refractivity contribution >= 4 is 50.6 Å². The van der Waals surface area contributed by atoms with E-state index < -0.39 is 23.5 Å². The van der Waals surface area contributed by atoms with Gasteiger partial charge in [0.05, 0.1) is 20.8 Å². The standard InChI is InChI=1S/C19H11F2N3O4S2/c1-7-2-3-8(16(21)15(7)20)17-14(19(27)28)11(6-29-17)22-18(26)9-4-10-13(5-12(9)25)30-24-23-10/h2-6,25H,1H3,(H,22,26)(H,27,28). The van der Waals surface area contributed by atoms with Crippen molar-refractivity contribution in [3.05, 3.63) is 58.0 Å². The van der Waals surface area contributed by atoms with Crippen LogP contribution < -0.4 is 5.32 Å². The number of fused-ring (bicyclic) bond motifs is 1. The molecule has 0 fully saturated rings. The number of nitrogens with zero attached hydrogens (tertiary/aromatic N) is 2. The molecule has 0 unspecified atom stereocenters. The zero-order valence-electron chi connectivity index (χ0n) is 15.1. The number of nitrogens with one attached hydrogen (secondary N) is 1. The predicted molar refractivity (Wildman–Crippen MR) is 108 cm³/mol. The second kappa shape index (κ2) is 7.43. The molecule has 30 heavy (non-hydrogen) atoms. The molecule has 152 valence electrons.